The summed E-state index contributed by atoms with van der Waals surface area (Å²) in [5, 5.41) is 2.40. The molecule has 7 heteroatoms. The maximum absolute atomic E-state index is 13.2. The van der Waals surface area contributed by atoms with Crippen molar-refractivity contribution in [2.75, 3.05) is 18.8 Å². The average molecular weight is 276 g/mol. The van der Waals surface area contributed by atoms with Crippen molar-refractivity contribution in [3.8, 4) is 0 Å². The summed E-state index contributed by atoms with van der Waals surface area (Å²) in [6.45, 7) is 0.761. The first-order valence-corrected chi connectivity index (χ1v) is 7.02. The van der Waals surface area contributed by atoms with E-state index in [4.69, 9.17) is 0 Å². The van der Waals surface area contributed by atoms with Gasteiger partial charge in [0, 0.05) is 30.7 Å². The number of carbonyl (C=O) groups excluding carboxylic acids is 2. The maximum Gasteiger partial charge on any atom is 0.279 e. The van der Waals surface area contributed by atoms with Crippen LogP contribution in [0.3, 0.4) is 0 Å². The van der Waals surface area contributed by atoms with Gasteiger partial charge in [0.05, 0.1) is 0 Å². The molecule has 3 rings (SSSR count). The lowest BCUT2D eigenvalue weighted by Crippen LogP contribution is -2.49. The van der Waals surface area contributed by atoms with Crippen LogP contribution in [0.4, 0.5) is 13.6 Å². The molecule has 3 aliphatic rings. The number of carbonyl (C=O) groups is 2. The number of hydrogen-bond donors (Lipinski definition) is 1. The van der Waals surface area contributed by atoms with Crippen molar-refractivity contribution in [3.63, 3.8) is 0 Å². The Balaban J connectivity index is 1.57. The highest BCUT2D eigenvalue weighted by atomic mass is 32.2. The van der Waals surface area contributed by atoms with Gasteiger partial charge in [0.25, 0.3) is 11.2 Å². The standard InChI is InChI=1S/C11H14F2N2O2S/c12-11(13)6-10(11)1-3-15(4-2-10)8(16)7-5-18-9(17)14-7/h7H,1-6H2,(H,14,17). The largest absolute Gasteiger partial charge is 0.341 e. The summed E-state index contributed by atoms with van der Waals surface area (Å²) >= 11 is 1.09. The van der Waals surface area contributed by atoms with Crippen molar-refractivity contribution in [2.24, 2.45) is 5.41 Å². The Kier molecular flexibility index (Phi) is 2.59. The number of thioether (sulfide) groups is 1. The molecule has 1 atom stereocenters. The molecule has 1 N–H and O–H groups in total. The highest BCUT2D eigenvalue weighted by molar-refractivity contribution is 8.14. The summed E-state index contributed by atoms with van der Waals surface area (Å²) in [6.07, 6.45) is 0.719. The number of hydrogen-bond acceptors (Lipinski definition) is 3. The quantitative estimate of drug-likeness (QED) is 0.789. The average Bonchev–Trinajstić information content (AvgIpc) is 2.69. The highest BCUT2D eigenvalue weighted by Crippen LogP contribution is 2.65. The predicted molar refractivity (Wildman–Crippen MR) is 62.6 cm³/mol. The molecule has 1 saturated carbocycles. The Morgan fingerprint density at radius 2 is 2.00 bits per heavy atom. The first kappa shape index (κ1) is 12.2. The molecule has 3 fully saturated rings. The smallest absolute Gasteiger partial charge is 0.279 e. The summed E-state index contributed by atoms with van der Waals surface area (Å²) in [5.74, 6) is -2.22. The fraction of sp³-hybridized carbons (Fsp3) is 0.818. The molecular formula is C11H14F2N2O2S. The molecule has 0 bridgehead atoms. The third-order valence-corrected chi connectivity index (χ3v) is 5.09. The van der Waals surface area contributed by atoms with E-state index < -0.39 is 17.4 Å². The fourth-order valence-electron chi connectivity index (χ4n) is 2.82. The number of nitrogens with zero attached hydrogens (tertiary/aromatic N) is 1. The molecule has 0 radical (unpaired) electrons. The van der Waals surface area contributed by atoms with Crippen LogP contribution in [0.5, 0.6) is 0 Å². The number of piperidine rings is 1. The van der Waals surface area contributed by atoms with Crippen molar-refractivity contribution in [1.29, 1.82) is 0 Å². The third kappa shape index (κ3) is 1.79. The van der Waals surface area contributed by atoms with E-state index in [1.807, 2.05) is 0 Å². The van der Waals surface area contributed by atoms with Gasteiger partial charge in [-0.25, -0.2) is 8.78 Å². The SMILES string of the molecule is O=C1NC(C(=O)N2CCC3(CC2)CC3(F)F)CS1. The van der Waals surface area contributed by atoms with Crippen molar-refractivity contribution in [3.05, 3.63) is 0 Å². The molecule has 2 aliphatic heterocycles. The zero-order chi connectivity index (χ0) is 13.0. The van der Waals surface area contributed by atoms with E-state index in [9.17, 15) is 18.4 Å². The summed E-state index contributed by atoms with van der Waals surface area (Å²) < 4.78 is 26.4. The molecule has 1 unspecified atom stereocenters. The first-order chi connectivity index (χ1) is 8.44. The minimum absolute atomic E-state index is 0.0297. The monoisotopic (exact) mass is 276 g/mol. The van der Waals surface area contributed by atoms with Crippen LogP contribution >= 0.6 is 11.8 Å². The van der Waals surface area contributed by atoms with Gasteiger partial charge in [0.2, 0.25) is 5.91 Å². The van der Waals surface area contributed by atoms with Crippen molar-refractivity contribution in [2.45, 2.75) is 31.2 Å². The van der Waals surface area contributed by atoms with Crippen LogP contribution in [0.1, 0.15) is 19.3 Å². The normalized spacial score (nSPS) is 32.4. The van der Waals surface area contributed by atoms with E-state index >= 15 is 0 Å². The molecule has 2 amide bonds. The number of halogens is 2. The predicted octanol–water partition coefficient (Wildman–Crippen LogP) is 1.46. The zero-order valence-corrected chi connectivity index (χ0v) is 10.6. The second-order valence-electron chi connectivity index (χ2n) is 5.28. The molecule has 100 valence electrons. The fourth-order valence-corrected chi connectivity index (χ4v) is 3.59. The highest BCUT2D eigenvalue weighted by Gasteiger charge is 2.70. The molecule has 4 nitrogen and oxygen atoms in total. The Labute approximate surface area is 107 Å². The minimum Gasteiger partial charge on any atom is -0.341 e. The lowest BCUT2D eigenvalue weighted by molar-refractivity contribution is -0.134. The lowest BCUT2D eigenvalue weighted by Gasteiger charge is -2.33. The molecule has 0 aromatic carbocycles. The number of amides is 2. The Morgan fingerprint density at radius 1 is 1.39 bits per heavy atom. The van der Waals surface area contributed by atoms with Gasteiger partial charge in [-0.1, -0.05) is 11.8 Å². The zero-order valence-electron chi connectivity index (χ0n) is 9.75. The number of likely N-dealkylation sites (tertiary alicyclic amines) is 1. The van der Waals surface area contributed by atoms with Gasteiger partial charge in [-0.15, -0.1) is 0 Å². The van der Waals surface area contributed by atoms with E-state index in [1.54, 1.807) is 4.90 Å². The Bertz CT molecular complexity index is 408. The van der Waals surface area contributed by atoms with Crippen LogP contribution < -0.4 is 5.32 Å². The van der Waals surface area contributed by atoms with E-state index in [1.165, 1.54) is 0 Å². The molecule has 0 aromatic rings. The van der Waals surface area contributed by atoms with Crippen molar-refractivity contribution in [1.82, 2.24) is 10.2 Å². The molecule has 2 saturated heterocycles. The minimum atomic E-state index is -2.53. The van der Waals surface area contributed by atoms with Gasteiger partial charge in [0.15, 0.2) is 0 Å². The summed E-state index contributed by atoms with van der Waals surface area (Å²) in [5.41, 5.74) is -0.836. The van der Waals surface area contributed by atoms with E-state index in [-0.39, 0.29) is 17.6 Å². The number of rotatable bonds is 1. The van der Waals surface area contributed by atoms with Crippen LogP contribution in [0.15, 0.2) is 0 Å². The van der Waals surface area contributed by atoms with Crippen LogP contribution in [-0.4, -0.2) is 46.9 Å². The second-order valence-corrected chi connectivity index (χ2v) is 6.28. The van der Waals surface area contributed by atoms with Crippen molar-refractivity contribution < 1.29 is 18.4 Å². The maximum atomic E-state index is 13.2. The van der Waals surface area contributed by atoms with Gasteiger partial charge in [-0.05, 0) is 12.8 Å². The molecule has 2 heterocycles. The first-order valence-electron chi connectivity index (χ1n) is 6.03. The van der Waals surface area contributed by atoms with Crippen LogP contribution in [-0.2, 0) is 4.79 Å². The van der Waals surface area contributed by atoms with Gasteiger partial charge >= 0.3 is 0 Å². The second kappa shape index (κ2) is 3.82. The molecular weight excluding hydrogens is 262 g/mol. The number of alkyl halides is 2. The van der Waals surface area contributed by atoms with E-state index in [0.29, 0.717) is 31.7 Å². The van der Waals surface area contributed by atoms with Gasteiger partial charge < -0.3 is 10.2 Å². The Morgan fingerprint density at radius 3 is 2.44 bits per heavy atom. The van der Waals surface area contributed by atoms with Crippen LogP contribution in [0, 0.1) is 5.41 Å². The van der Waals surface area contributed by atoms with Crippen LogP contribution in [0.2, 0.25) is 0 Å². The van der Waals surface area contributed by atoms with E-state index in [0.717, 1.165) is 11.8 Å². The molecule has 18 heavy (non-hydrogen) atoms. The van der Waals surface area contributed by atoms with Gasteiger partial charge in [0.1, 0.15) is 6.04 Å². The summed E-state index contributed by atoms with van der Waals surface area (Å²) in [6, 6.07) is -0.476. The topological polar surface area (TPSA) is 49.4 Å². The summed E-state index contributed by atoms with van der Waals surface area (Å²) in [4.78, 5) is 24.7. The lowest BCUT2D eigenvalue weighted by atomic mass is 9.92. The van der Waals surface area contributed by atoms with Gasteiger partial charge in [-0.3, -0.25) is 9.59 Å². The van der Waals surface area contributed by atoms with E-state index in [2.05, 4.69) is 5.32 Å². The molecule has 0 aromatic heterocycles. The molecule has 1 aliphatic carbocycles. The van der Waals surface area contributed by atoms with Gasteiger partial charge in [-0.2, -0.15) is 0 Å². The third-order valence-electron chi connectivity index (χ3n) is 4.21. The Hall–Kier alpha value is -0.850. The van der Waals surface area contributed by atoms with Crippen LogP contribution in [0.25, 0.3) is 0 Å². The summed E-state index contributed by atoms with van der Waals surface area (Å²) in [7, 11) is 0. The number of nitrogens with one attached hydrogen (secondary N) is 1. The molecule has 1 spiro atoms. The van der Waals surface area contributed by atoms with Crippen molar-refractivity contribution >= 4 is 22.9 Å².